The number of nitrogens with zero attached hydrogens (tertiary/aromatic N) is 4. The van der Waals surface area contributed by atoms with E-state index < -0.39 is 0 Å². The first-order valence-corrected chi connectivity index (χ1v) is 4.60. The molecule has 2 rings (SSSR count). The van der Waals surface area contributed by atoms with Gasteiger partial charge < -0.3 is 5.73 Å². The minimum atomic E-state index is 0.388. The van der Waals surface area contributed by atoms with Crippen LogP contribution in [0.15, 0.2) is 29.4 Å². The molecule has 0 spiro atoms. The molecule has 2 aromatic rings. The van der Waals surface area contributed by atoms with Gasteiger partial charge in [0.05, 0.1) is 24.8 Å². The van der Waals surface area contributed by atoms with E-state index in [-0.39, 0.29) is 0 Å². The average molecular weight is 252 g/mol. The monoisotopic (exact) mass is 251 g/mol. The molecule has 0 aliphatic heterocycles. The highest BCUT2D eigenvalue weighted by Crippen LogP contribution is 2.13. The number of hydrogen-bond acceptors (Lipinski definition) is 5. The highest BCUT2D eigenvalue weighted by molar-refractivity contribution is 9.10. The van der Waals surface area contributed by atoms with Gasteiger partial charge in [-0.25, -0.2) is 15.0 Å². The summed E-state index contributed by atoms with van der Waals surface area (Å²) in [5, 5.41) is 0. The number of aromatic nitrogens is 4. The van der Waals surface area contributed by atoms with Crippen LogP contribution in [0.4, 0.5) is 5.82 Å². The standard InChI is InChI=1S/C8H6BrN5/c9-7-3-11-5(1-13-7)6-2-14-8(10)4-12-6/h1-4H,(H2,10,14). The fourth-order valence-electron chi connectivity index (χ4n) is 0.915. The fraction of sp³-hybridized carbons (Fsp3) is 0. The molecule has 0 saturated carbocycles. The summed E-state index contributed by atoms with van der Waals surface area (Å²) in [6, 6.07) is 0. The first-order chi connectivity index (χ1) is 6.75. The molecule has 2 N–H and O–H groups in total. The summed E-state index contributed by atoms with van der Waals surface area (Å²) in [6.07, 6.45) is 6.27. The predicted molar refractivity (Wildman–Crippen MR) is 55.2 cm³/mol. The van der Waals surface area contributed by atoms with E-state index in [0.717, 1.165) is 0 Å². The molecule has 0 fully saturated rings. The number of rotatable bonds is 1. The van der Waals surface area contributed by atoms with Crippen molar-refractivity contribution >= 4 is 21.7 Å². The molecule has 70 valence electrons. The van der Waals surface area contributed by atoms with Gasteiger partial charge in [0.15, 0.2) is 0 Å². The van der Waals surface area contributed by atoms with Crippen molar-refractivity contribution in [2.45, 2.75) is 0 Å². The van der Waals surface area contributed by atoms with Crippen molar-refractivity contribution < 1.29 is 0 Å². The molecule has 0 saturated heterocycles. The van der Waals surface area contributed by atoms with E-state index in [1.54, 1.807) is 18.6 Å². The van der Waals surface area contributed by atoms with Crippen LogP contribution in [0.2, 0.25) is 0 Å². The first kappa shape index (κ1) is 9.01. The van der Waals surface area contributed by atoms with Gasteiger partial charge in [-0.15, -0.1) is 0 Å². The second kappa shape index (κ2) is 3.67. The van der Waals surface area contributed by atoms with Crippen molar-refractivity contribution in [1.29, 1.82) is 0 Å². The average Bonchev–Trinajstić information content (AvgIpc) is 2.21. The van der Waals surface area contributed by atoms with E-state index in [4.69, 9.17) is 5.73 Å². The molecule has 0 aromatic carbocycles. The summed E-state index contributed by atoms with van der Waals surface area (Å²) < 4.78 is 0.685. The minimum Gasteiger partial charge on any atom is -0.382 e. The molecular formula is C8H6BrN5. The second-order valence-corrected chi connectivity index (χ2v) is 3.36. The Bertz CT molecular complexity index is 381. The molecule has 0 bridgehead atoms. The third-order valence-corrected chi connectivity index (χ3v) is 1.96. The van der Waals surface area contributed by atoms with Gasteiger partial charge in [0.25, 0.3) is 0 Å². The zero-order chi connectivity index (χ0) is 9.97. The van der Waals surface area contributed by atoms with Gasteiger partial charge in [0.2, 0.25) is 0 Å². The number of hydrogen-bond donors (Lipinski definition) is 1. The number of nitrogen functional groups attached to an aromatic ring is 1. The summed E-state index contributed by atoms with van der Waals surface area (Å²) in [7, 11) is 0. The molecule has 2 aromatic heterocycles. The van der Waals surface area contributed by atoms with Crippen LogP contribution in [0.3, 0.4) is 0 Å². The Labute approximate surface area is 88.6 Å². The van der Waals surface area contributed by atoms with Crippen molar-refractivity contribution in [3.05, 3.63) is 29.4 Å². The summed E-state index contributed by atoms with van der Waals surface area (Å²) in [5.41, 5.74) is 6.73. The normalized spacial score (nSPS) is 10.1. The lowest BCUT2D eigenvalue weighted by atomic mass is 10.3. The third-order valence-electron chi connectivity index (χ3n) is 1.55. The Morgan fingerprint density at radius 3 is 2.00 bits per heavy atom. The van der Waals surface area contributed by atoms with Gasteiger partial charge in [-0.2, -0.15) is 0 Å². The molecule has 0 aliphatic carbocycles. The van der Waals surface area contributed by atoms with Gasteiger partial charge in [-0.1, -0.05) is 0 Å². The van der Waals surface area contributed by atoms with Gasteiger partial charge in [-0.3, -0.25) is 4.98 Å². The summed E-state index contributed by atoms with van der Waals surface area (Å²) in [6.45, 7) is 0. The van der Waals surface area contributed by atoms with E-state index >= 15 is 0 Å². The van der Waals surface area contributed by atoms with Crippen LogP contribution < -0.4 is 5.73 Å². The lowest BCUT2D eigenvalue weighted by molar-refractivity contribution is 1.13. The van der Waals surface area contributed by atoms with E-state index in [1.807, 2.05) is 0 Å². The molecular weight excluding hydrogens is 246 g/mol. The van der Waals surface area contributed by atoms with Crippen molar-refractivity contribution in [2.24, 2.45) is 0 Å². The van der Waals surface area contributed by atoms with E-state index in [0.29, 0.717) is 21.8 Å². The molecule has 6 heteroatoms. The van der Waals surface area contributed by atoms with Crippen molar-refractivity contribution in [3.63, 3.8) is 0 Å². The summed E-state index contributed by atoms with van der Waals surface area (Å²) >= 11 is 3.20. The zero-order valence-corrected chi connectivity index (χ0v) is 8.64. The number of halogens is 1. The lowest BCUT2D eigenvalue weighted by Crippen LogP contribution is -1.94. The number of anilines is 1. The van der Waals surface area contributed by atoms with Crippen molar-refractivity contribution in [2.75, 3.05) is 5.73 Å². The fourth-order valence-corrected chi connectivity index (χ4v) is 1.12. The molecule has 0 atom stereocenters. The van der Waals surface area contributed by atoms with Crippen LogP contribution in [0.5, 0.6) is 0 Å². The highest BCUT2D eigenvalue weighted by Gasteiger charge is 2.01. The van der Waals surface area contributed by atoms with Gasteiger partial charge in [0, 0.05) is 0 Å². The smallest absolute Gasteiger partial charge is 0.141 e. The summed E-state index contributed by atoms with van der Waals surface area (Å²) in [4.78, 5) is 16.1. The quantitative estimate of drug-likeness (QED) is 0.827. The Kier molecular flexibility index (Phi) is 2.36. The molecule has 5 nitrogen and oxygen atoms in total. The molecule has 14 heavy (non-hydrogen) atoms. The molecule has 0 unspecified atom stereocenters. The SMILES string of the molecule is Nc1cnc(-c2cnc(Br)cn2)cn1. The maximum atomic E-state index is 5.41. The van der Waals surface area contributed by atoms with Gasteiger partial charge in [-0.05, 0) is 15.9 Å². The van der Waals surface area contributed by atoms with Crippen LogP contribution >= 0.6 is 15.9 Å². The maximum absolute atomic E-state index is 5.41. The minimum absolute atomic E-state index is 0.388. The van der Waals surface area contributed by atoms with E-state index in [2.05, 4.69) is 35.9 Å². The number of nitrogens with two attached hydrogens (primary N) is 1. The van der Waals surface area contributed by atoms with Gasteiger partial charge in [0.1, 0.15) is 21.8 Å². The lowest BCUT2D eigenvalue weighted by Gasteiger charge is -1.98. The predicted octanol–water partition coefficient (Wildman–Crippen LogP) is 1.28. The maximum Gasteiger partial charge on any atom is 0.141 e. The highest BCUT2D eigenvalue weighted by atomic mass is 79.9. The zero-order valence-electron chi connectivity index (χ0n) is 7.05. The van der Waals surface area contributed by atoms with E-state index in [1.165, 1.54) is 6.20 Å². The Balaban J connectivity index is 2.40. The molecule has 0 amide bonds. The van der Waals surface area contributed by atoms with Crippen LogP contribution in [0, 0.1) is 0 Å². The Morgan fingerprint density at radius 1 is 0.857 bits per heavy atom. The second-order valence-electron chi connectivity index (χ2n) is 2.55. The first-order valence-electron chi connectivity index (χ1n) is 3.81. The Hall–Kier alpha value is -1.56. The largest absolute Gasteiger partial charge is 0.382 e. The van der Waals surface area contributed by atoms with Crippen molar-refractivity contribution in [3.8, 4) is 11.4 Å². The van der Waals surface area contributed by atoms with Crippen molar-refractivity contribution in [1.82, 2.24) is 19.9 Å². The Morgan fingerprint density at radius 2 is 1.50 bits per heavy atom. The molecule has 0 aliphatic rings. The topological polar surface area (TPSA) is 77.6 Å². The van der Waals surface area contributed by atoms with Crippen LogP contribution in [-0.4, -0.2) is 19.9 Å². The third kappa shape index (κ3) is 1.85. The van der Waals surface area contributed by atoms with Crippen LogP contribution in [-0.2, 0) is 0 Å². The molecule has 0 radical (unpaired) electrons. The van der Waals surface area contributed by atoms with Gasteiger partial charge >= 0.3 is 0 Å². The molecule has 2 heterocycles. The van der Waals surface area contributed by atoms with Crippen LogP contribution in [0.1, 0.15) is 0 Å². The van der Waals surface area contributed by atoms with Crippen LogP contribution in [0.25, 0.3) is 11.4 Å². The summed E-state index contributed by atoms with van der Waals surface area (Å²) in [5.74, 6) is 0.388. The van der Waals surface area contributed by atoms with E-state index in [9.17, 15) is 0 Å².